The van der Waals surface area contributed by atoms with Crippen LogP contribution >= 0.6 is 0 Å². The fourth-order valence-electron chi connectivity index (χ4n) is 2.69. The fourth-order valence-corrected chi connectivity index (χ4v) is 2.69. The predicted molar refractivity (Wildman–Crippen MR) is 73.4 cm³/mol. The smallest absolute Gasteiger partial charge is 0.0547 e. The molecule has 0 spiro atoms. The van der Waals surface area contributed by atoms with Crippen molar-refractivity contribution in [2.24, 2.45) is 11.3 Å². The summed E-state index contributed by atoms with van der Waals surface area (Å²) in [4.78, 5) is 2.60. The first-order valence-electron chi connectivity index (χ1n) is 7.10. The largest absolute Gasteiger partial charge is 0.381 e. The van der Waals surface area contributed by atoms with Gasteiger partial charge in [0, 0.05) is 31.7 Å². The second kappa shape index (κ2) is 7.34. The van der Waals surface area contributed by atoms with Gasteiger partial charge < -0.3 is 15.0 Å². The van der Waals surface area contributed by atoms with E-state index in [2.05, 4.69) is 31.0 Å². The van der Waals surface area contributed by atoms with Gasteiger partial charge in [-0.2, -0.15) is 0 Å². The molecular weight excluding hydrogens is 212 g/mol. The minimum absolute atomic E-state index is 0.345. The van der Waals surface area contributed by atoms with Gasteiger partial charge in [0.15, 0.2) is 0 Å². The molecule has 1 aliphatic heterocycles. The second-order valence-corrected chi connectivity index (χ2v) is 5.67. The van der Waals surface area contributed by atoms with Gasteiger partial charge in [0.2, 0.25) is 0 Å². The number of nitrogens with zero attached hydrogens (tertiary/aromatic N) is 1. The van der Waals surface area contributed by atoms with Crippen LogP contribution in [-0.2, 0) is 4.74 Å². The molecule has 0 aromatic heterocycles. The zero-order valence-electron chi connectivity index (χ0n) is 12.1. The first-order valence-corrected chi connectivity index (χ1v) is 7.10. The Kier molecular flexibility index (Phi) is 6.45. The molecule has 102 valence electrons. The summed E-state index contributed by atoms with van der Waals surface area (Å²) in [5.41, 5.74) is 0.345. The van der Waals surface area contributed by atoms with Gasteiger partial charge in [-0.3, -0.25) is 0 Å². The zero-order valence-corrected chi connectivity index (χ0v) is 12.1. The number of rotatable bonds is 8. The third kappa shape index (κ3) is 4.57. The van der Waals surface area contributed by atoms with Gasteiger partial charge in [0.1, 0.15) is 0 Å². The van der Waals surface area contributed by atoms with Crippen LogP contribution in [0.5, 0.6) is 0 Å². The van der Waals surface area contributed by atoms with Crippen LogP contribution in [-0.4, -0.2) is 51.3 Å². The minimum atomic E-state index is 0.345. The summed E-state index contributed by atoms with van der Waals surface area (Å²) >= 11 is 0. The van der Waals surface area contributed by atoms with E-state index in [4.69, 9.17) is 4.74 Å². The summed E-state index contributed by atoms with van der Waals surface area (Å²) in [6, 6.07) is 0. The number of ether oxygens (including phenoxy) is 1. The van der Waals surface area contributed by atoms with Crippen molar-refractivity contribution in [1.29, 1.82) is 0 Å². The van der Waals surface area contributed by atoms with Gasteiger partial charge in [-0.25, -0.2) is 0 Å². The average molecular weight is 242 g/mol. The lowest BCUT2D eigenvalue weighted by Crippen LogP contribution is -2.45. The molecular formula is C14H30N2O. The highest BCUT2D eigenvalue weighted by molar-refractivity contribution is 4.88. The molecule has 17 heavy (non-hydrogen) atoms. The molecule has 1 heterocycles. The van der Waals surface area contributed by atoms with Crippen molar-refractivity contribution in [2.45, 2.75) is 33.6 Å². The van der Waals surface area contributed by atoms with Gasteiger partial charge in [0.25, 0.3) is 0 Å². The van der Waals surface area contributed by atoms with Crippen LogP contribution in [0.25, 0.3) is 0 Å². The Morgan fingerprint density at radius 3 is 2.65 bits per heavy atom. The van der Waals surface area contributed by atoms with Crippen LogP contribution in [0.4, 0.5) is 0 Å². The Morgan fingerprint density at radius 1 is 1.41 bits per heavy atom. The van der Waals surface area contributed by atoms with E-state index >= 15 is 0 Å². The predicted octanol–water partition coefficient (Wildman–Crippen LogP) is 1.98. The van der Waals surface area contributed by atoms with Crippen molar-refractivity contribution in [3.63, 3.8) is 0 Å². The van der Waals surface area contributed by atoms with Crippen molar-refractivity contribution in [2.75, 3.05) is 46.4 Å². The third-order valence-corrected chi connectivity index (χ3v) is 4.01. The second-order valence-electron chi connectivity index (χ2n) is 5.67. The van der Waals surface area contributed by atoms with Crippen molar-refractivity contribution in [3.05, 3.63) is 0 Å². The topological polar surface area (TPSA) is 24.5 Å². The molecule has 0 amide bonds. The summed E-state index contributed by atoms with van der Waals surface area (Å²) in [6.07, 6.45) is 2.47. The van der Waals surface area contributed by atoms with Crippen molar-refractivity contribution in [3.8, 4) is 0 Å². The molecule has 2 atom stereocenters. The van der Waals surface area contributed by atoms with Crippen LogP contribution in [0.3, 0.4) is 0 Å². The molecule has 1 aliphatic rings. The molecule has 1 rings (SSSR count). The zero-order chi connectivity index (χ0) is 12.7. The molecule has 0 aromatic carbocycles. The number of hydrogen-bond donors (Lipinski definition) is 1. The summed E-state index contributed by atoms with van der Waals surface area (Å²) in [5.74, 6) is 0.795. The maximum absolute atomic E-state index is 5.62. The summed E-state index contributed by atoms with van der Waals surface area (Å²) in [5, 5.41) is 3.34. The van der Waals surface area contributed by atoms with Gasteiger partial charge in [-0.05, 0) is 25.9 Å². The molecule has 0 aromatic rings. The van der Waals surface area contributed by atoms with E-state index in [0.717, 1.165) is 32.2 Å². The Balaban J connectivity index is 2.51. The van der Waals surface area contributed by atoms with Crippen molar-refractivity contribution < 1.29 is 4.74 Å². The van der Waals surface area contributed by atoms with Crippen LogP contribution in [0.15, 0.2) is 0 Å². The van der Waals surface area contributed by atoms with Crippen LogP contribution < -0.4 is 5.32 Å². The van der Waals surface area contributed by atoms with Gasteiger partial charge in [0.05, 0.1) is 6.61 Å². The summed E-state index contributed by atoms with van der Waals surface area (Å²) in [6.45, 7) is 13.4. The van der Waals surface area contributed by atoms with Gasteiger partial charge in [-0.15, -0.1) is 0 Å². The molecule has 3 nitrogen and oxygen atoms in total. The number of hydrogen-bond acceptors (Lipinski definition) is 3. The standard InChI is InChI=1S/C14H30N2O/c1-5-13(3)9-16(6-2)11-14(10-15-4)7-8-17-12-14/h13,15H,5-12H2,1-4H3. The van der Waals surface area contributed by atoms with E-state index < -0.39 is 0 Å². The molecule has 1 fully saturated rings. The Labute approximate surface area is 107 Å². The number of nitrogens with one attached hydrogen (secondary N) is 1. The first kappa shape index (κ1) is 14.9. The van der Waals surface area contributed by atoms with Crippen LogP contribution in [0.2, 0.25) is 0 Å². The lowest BCUT2D eigenvalue weighted by atomic mass is 9.86. The lowest BCUT2D eigenvalue weighted by Gasteiger charge is -2.34. The Morgan fingerprint density at radius 2 is 2.18 bits per heavy atom. The Bertz CT molecular complexity index is 202. The highest BCUT2D eigenvalue weighted by Gasteiger charge is 2.35. The van der Waals surface area contributed by atoms with E-state index in [1.54, 1.807) is 0 Å². The molecule has 0 bridgehead atoms. The maximum Gasteiger partial charge on any atom is 0.0547 e. The highest BCUT2D eigenvalue weighted by atomic mass is 16.5. The van der Waals surface area contributed by atoms with Crippen molar-refractivity contribution >= 4 is 0 Å². The van der Waals surface area contributed by atoms with E-state index in [9.17, 15) is 0 Å². The normalized spacial score (nSPS) is 26.6. The minimum Gasteiger partial charge on any atom is -0.381 e. The molecule has 2 unspecified atom stereocenters. The molecule has 1 N–H and O–H groups in total. The summed E-state index contributed by atoms with van der Waals surface area (Å²) in [7, 11) is 2.05. The maximum atomic E-state index is 5.62. The average Bonchev–Trinajstić information content (AvgIpc) is 2.77. The first-order chi connectivity index (χ1) is 8.15. The summed E-state index contributed by atoms with van der Waals surface area (Å²) < 4.78 is 5.62. The fraction of sp³-hybridized carbons (Fsp3) is 1.00. The third-order valence-electron chi connectivity index (χ3n) is 4.01. The SMILES string of the molecule is CCC(C)CN(CC)CC1(CNC)CCOC1. The van der Waals surface area contributed by atoms with Gasteiger partial charge in [-0.1, -0.05) is 27.2 Å². The molecule has 0 radical (unpaired) electrons. The Hall–Kier alpha value is -0.120. The van der Waals surface area contributed by atoms with E-state index in [1.807, 2.05) is 7.05 Å². The molecule has 1 saturated heterocycles. The molecule has 0 saturated carbocycles. The van der Waals surface area contributed by atoms with E-state index in [1.165, 1.54) is 25.9 Å². The van der Waals surface area contributed by atoms with E-state index in [0.29, 0.717) is 5.41 Å². The quantitative estimate of drug-likeness (QED) is 0.704. The highest BCUT2D eigenvalue weighted by Crippen LogP contribution is 2.29. The van der Waals surface area contributed by atoms with E-state index in [-0.39, 0.29) is 0 Å². The molecule has 0 aliphatic carbocycles. The van der Waals surface area contributed by atoms with Gasteiger partial charge >= 0.3 is 0 Å². The molecule has 3 heteroatoms. The monoisotopic (exact) mass is 242 g/mol. The van der Waals surface area contributed by atoms with Crippen LogP contribution in [0, 0.1) is 11.3 Å². The lowest BCUT2D eigenvalue weighted by molar-refractivity contribution is 0.105. The van der Waals surface area contributed by atoms with Crippen molar-refractivity contribution in [1.82, 2.24) is 10.2 Å². The van der Waals surface area contributed by atoms with Crippen LogP contribution in [0.1, 0.15) is 33.6 Å².